The number of alkyl halides is 3. The van der Waals surface area contributed by atoms with Crippen LogP contribution in [0.4, 0.5) is 39.5 Å². The molecule has 0 unspecified atom stereocenters. The average Bonchev–Trinajstić information content (AvgIpc) is 3.19. The third kappa shape index (κ3) is 4.51. The maximum atomic E-state index is 13.9. The highest BCUT2D eigenvalue weighted by Gasteiger charge is 2.31. The van der Waals surface area contributed by atoms with Crippen LogP contribution in [0.3, 0.4) is 0 Å². The molecule has 33 heavy (non-hydrogen) atoms. The van der Waals surface area contributed by atoms with Crippen molar-refractivity contribution in [3.05, 3.63) is 59.5 Å². The van der Waals surface area contributed by atoms with Gasteiger partial charge in [0.1, 0.15) is 28.5 Å². The number of urea groups is 1. The summed E-state index contributed by atoms with van der Waals surface area (Å²) in [5, 5.41) is 7.05. The molecule has 0 atom stereocenters. The quantitative estimate of drug-likeness (QED) is 0.325. The predicted molar refractivity (Wildman–Crippen MR) is 118 cm³/mol. The number of hydrogen-bond acceptors (Lipinski definition) is 6. The van der Waals surface area contributed by atoms with Gasteiger partial charge in [0, 0.05) is 28.3 Å². The van der Waals surface area contributed by atoms with E-state index in [1.807, 2.05) is 5.38 Å². The van der Waals surface area contributed by atoms with Gasteiger partial charge in [0.05, 0.1) is 23.7 Å². The molecule has 2 amide bonds. The summed E-state index contributed by atoms with van der Waals surface area (Å²) in [5.41, 5.74) is 5.98. The van der Waals surface area contributed by atoms with Gasteiger partial charge in [-0.25, -0.2) is 19.2 Å². The average molecular weight is 477 g/mol. The number of anilines is 3. The zero-order valence-electron chi connectivity index (χ0n) is 16.8. The second-order valence-electron chi connectivity index (χ2n) is 6.78. The normalized spacial score (nSPS) is 11.4. The first-order valence-electron chi connectivity index (χ1n) is 9.28. The Morgan fingerprint density at radius 1 is 1.09 bits per heavy atom. The lowest BCUT2D eigenvalue weighted by Gasteiger charge is -2.13. The number of fused-ring (bicyclic) bond motifs is 1. The molecule has 0 saturated carbocycles. The number of nitrogens with two attached hydrogens (primary N) is 1. The van der Waals surface area contributed by atoms with Crippen LogP contribution in [0.25, 0.3) is 21.3 Å². The SMILES string of the molecule is COc1cc(NC(=O)Nc2cc(C(F)(F)F)ccc2F)ccc1-c1csc2ncnc(N)c12. The third-order valence-corrected chi connectivity index (χ3v) is 5.58. The summed E-state index contributed by atoms with van der Waals surface area (Å²) < 4.78 is 57.9. The van der Waals surface area contributed by atoms with Crippen molar-refractivity contribution < 1.29 is 27.1 Å². The number of thiophene rings is 1. The minimum Gasteiger partial charge on any atom is -0.496 e. The Balaban J connectivity index is 1.58. The smallest absolute Gasteiger partial charge is 0.416 e. The summed E-state index contributed by atoms with van der Waals surface area (Å²) in [7, 11) is 1.44. The van der Waals surface area contributed by atoms with Crippen molar-refractivity contribution >= 4 is 44.8 Å². The molecular weight excluding hydrogens is 462 g/mol. The van der Waals surface area contributed by atoms with Gasteiger partial charge in [0.2, 0.25) is 0 Å². The Bertz CT molecular complexity index is 1360. The van der Waals surface area contributed by atoms with E-state index in [-0.39, 0.29) is 5.69 Å². The number of ether oxygens (including phenoxy) is 1. The number of halogens is 4. The topological polar surface area (TPSA) is 102 Å². The zero-order chi connectivity index (χ0) is 23.8. The summed E-state index contributed by atoms with van der Waals surface area (Å²) >= 11 is 1.38. The maximum absolute atomic E-state index is 13.9. The fraction of sp³-hybridized carbons (Fsp3) is 0.0952. The first-order valence-corrected chi connectivity index (χ1v) is 10.2. The van der Waals surface area contributed by atoms with Gasteiger partial charge in [-0.05, 0) is 30.3 Å². The van der Waals surface area contributed by atoms with Gasteiger partial charge in [-0.3, -0.25) is 0 Å². The fourth-order valence-electron chi connectivity index (χ4n) is 3.17. The number of amides is 2. The largest absolute Gasteiger partial charge is 0.496 e. The molecule has 2 aromatic carbocycles. The van der Waals surface area contributed by atoms with Crippen molar-refractivity contribution in [3.8, 4) is 16.9 Å². The van der Waals surface area contributed by atoms with Crippen LogP contribution in [0, 0.1) is 5.82 Å². The molecular formula is C21H15F4N5O2S. The molecule has 4 rings (SSSR count). The van der Waals surface area contributed by atoms with Gasteiger partial charge in [0.25, 0.3) is 0 Å². The Hall–Kier alpha value is -3.93. The molecule has 0 aliphatic carbocycles. The second kappa shape index (κ2) is 8.54. The summed E-state index contributed by atoms with van der Waals surface area (Å²) in [4.78, 5) is 21.2. The molecule has 0 bridgehead atoms. The molecule has 2 aromatic heterocycles. The number of aromatic nitrogens is 2. The fourth-order valence-corrected chi connectivity index (χ4v) is 4.08. The number of carbonyl (C=O) groups excluding carboxylic acids is 1. The Morgan fingerprint density at radius 2 is 1.88 bits per heavy atom. The van der Waals surface area contributed by atoms with Crippen LogP contribution in [-0.4, -0.2) is 23.1 Å². The van der Waals surface area contributed by atoms with Crippen LogP contribution >= 0.6 is 11.3 Å². The van der Waals surface area contributed by atoms with E-state index < -0.39 is 29.3 Å². The van der Waals surface area contributed by atoms with Gasteiger partial charge >= 0.3 is 12.2 Å². The maximum Gasteiger partial charge on any atom is 0.416 e. The van der Waals surface area contributed by atoms with Crippen LogP contribution in [-0.2, 0) is 6.18 Å². The van der Waals surface area contributed by atoms with E-state index in [4.69, 9.17) is 10.5 Å². The number of rotatable bonds is 4. The van der Waals surface area contributed by atoms with Crippen molar-refractivity contribution in [2.24, 2.45) is 0 Å². The van der Waals surface area contributed by atoms with Crippen LogP contribution in [0.1, 0.15) is 5.56 Å². The number of nitrogens with zero attached hydrogens (tertiary/aromatic N) is 2. The summed E-state index contributed by atoms with van der Waals surface area (Å²) in [5.74, 6) is -0.306. The molecule has 4 aromatic rings. The van der Waals surface area contributed by atoms with Crippen molar-refractivity contribution in [2.45, 2.75) is 6.18 Å². The summed E-state index contributed by atoms with van der Waals surface area (Å²) in [6.45, 7) is 0. The van der Waals surface area contributed by atoms with Gasteiger partial charge in [-0.15, -0.1) is 11.3 Å². The van der Waals surface area contributed by atoms with E-state index in [0.29, 0.717) is 45.5 Å². The van der Waals surface area contributed by atoms with Crippen LogP contribution in [0.15, 0.2) is 48.1 Å². The molecule has 0 fully saturated rings. The van der Waals surface area contributed by atoms with E-state index in [2.05, 4.69) is 20.6 Å². The Labute approximate surface area is 188 Å². The molecule has 0 aliphatic heterocycles. The highest BCUT2D eigenvalue weighted by molar-refractivity contribution is 7.17. The van der Waals surface area contributed by atoms with Crippen molar-refractivity contribution in [2.75, 3.05) is 23.5 Å². The minimum atomic E-state index is -4.68. The molecule has 0 saturated heterocycles. The predicted octanol–water partition coefficient (Wildman–Crippen LogP) is 5.75. The van der Waals surface area contributed by atoms with Crippen molar-refractivity contribution in [3.63, 3.8) is 0 Å². The molecule has 12 heteroatoms. The molecule has 0 spiro atoms. The monoisotopic (exact) mass is 477 g/mol. The Kier molecular flexibility index (Phi) is 5.77. The number of nitrogen functional groups attached to an aromatic ring is 1. The number of hydrogen-bond donors (Lipinski definition) is 3. The molecule has 2 heterocycles. The van der Waals surface area contributed by atoms with Crippen LogP contribution in [0.5, 0.6) is 5.75 Å². The minimum absolute atomic E-state index is 0.268. The van der Waals surface area contributed by atoms with Crippen molar-refractivity contribution in [1.29, 1.82) is 0 Å². The highest BCUT2D eigenvalue weighted by Crippen LogP contribution is 2.40. The highest BCUT2D eigenvalue weighted by atomic mass is 32.1. The van der Waals surface area contributed by atoms with E-state index in [1.165, 1.54) is 30.8 Å². The Morgan fingerprint density at radius 3 is 2.61 bits per heavy atom. The lowest BCUT2D eigenvalue weighted by Crippen LogP contribution is -2.20. The molecule has 0 radical (unpaired) electrons. The second-order valence-corrected chi connectivity index (χ2v) is 7.63. The lowest BCUT2D eigenvalue weighted by atomic mass is 10.0. The molecule has 4 N–H and O–H groups in total. The molecule has 170 valence electrons. The number of carbonyl (C=O) groups is 1. The lowest BCUT2D eigenvalue weighted by molar-refractivity contribution is -0.137. The number of benzene rings is 2. The first-order chi connectivity index (χ1) is 15.7. The third-order valence-electron chi connectivity index (χ3n) is 4.69. The molecule has 0 aliphatic rings. The summed E-state index contributed by atoms with van der Waals surface area (Å²) in [6.07, 6.45) is -3.31. The van der Waals surface area contributed by atoms with Crippen LogP contribution < -0.4 is 21.1 Å². The van der Waals surface area contributed by atoms with Crippen LogP contribution in [0.2, 0.25) is 0 Å². The van der Waals surface area contributed by atoms with E-state index in [9.17, 15) is 22.4 Å². The van der Waals surface area contributed by atoms with Gasteiger partial charge in [-0.2, -0.15) is 13.2 Å². The standard InChI is InChI=1S/C21H15F4N5O2S/c1-32-16-7-11(3-4-12(16)13-8-33-19-17(13)18(26)27-9-28-19)29-20(31)30-15-6-10(21(23,24)25)2-5-14(15)22/h2-9H,1H3,(H2,26,27,28)(H2,29,30,31). The van der Waals surface area contributed by atoms with E-state index in [1.54, 1.807) is 12.1 Å². The van der Waals surface area contributed by atoms with E-state index >= 15 is 0 Å². The van der Waals surface area contributed by atoms with E-state index in [0.717, 1.165) is 5.56 Å². The number of methoxy groups -OCH3 is 1. The van der Waals surface area contributed by atoms with Gasteiger partial charge in [-0.1, -0.05) is 0 Å². The zero-order valence-corrected chi connectivity index (χ0v) is 17.6. The summed E-state index contributed by atoms with van der Waals surface area (Å²) in [6, 6.07) is 5.57. The van der Waals surface area contributed by atoms with Gasteiger partial charge < -0.3 is 21.1 Å². The molecule has 7 nitrogen and oxygen atoms in total. The number of nitrogens with one attached hydrogen (secondary N) is 2. The van der Waals surface area contributed by atoms with Crippen molar-refractivity contribution in [1.82, 2.24) is 9.97 Å². The van der Waals surface area contributed by atoms with Gasteiger partial charge in [0.15, 0.2) is 0 Å². The first kappa shape index (κ1) is 22.3.